The van der Waals surface area contributed by atoms with Crippen molar-refractivity contribution in [3.63, 3.8) is 0 Å². The summed E-state index contributed by atoms with van der Waals surface area (Å²) in [6.07, 6.45) is 1.19. The van der Waals surface area contributed by atoms with Crippen LogP contribution in [-0.4, -0.2) is 35.3 Å². The fourth-order valence-electron chi connectivity index (χ4n) is 2.67. The second-order valence-corrected chi connectivity index (χ2v) is 6.03. The third kappa shape index (κ3) is 4.14. The first-order chi connectivity index (χ1) is 14.3. The zero-order valence-electron chi connectivity index (χ0n) is 15.2. The van der Waals surface area contributed by atoms with E-state index in [1.165, 1.54) is 36.4 Å². The molecule has 2 aromatic carbocycles. The molecule has 11 heteroatoms. The van der Waals surface area contributed by atoms with Gasteiger partial charge in [-0.05, 0) is 18.2 Å². The summed E-state index contributed by atoms with van der Waals surface area (Å²) in [4.78, 5) is 59.3. The molecule has 1 saturated heterocycles. The number of primary amides is 1. The Morgan fingerprint density at radius 1 is 1.17 bits per heavy atom. The number of nitrogens with two attached hydrogens (primary N) is 1. The number of urea groups is 1. The van der Waals surface area contributed by atoms with Gasteiger partial charge in [0, 0.05) is 17.7 Å². The smallest absolute Gasteiger partial charge is 0.335 e. The highest BCUT2D eigenvalue weighted by molar-refractivity contribution is 6.39. The predicted molar refractivity (Wildman–Crippen MR) is 103 cm³/mol. The lowest BCUT2D eigenvalue weighted by Gasteiger charge is -2.26. The summed E-state index contributed by atoms with van der Waals surface area (Å²) in [6, 6.07) is 10.1. The van der Waals surface area contributed by atoms with Crippen molar-refractivity contribution in [1.29, 1.82) is 0 Å². The lowest BCUT2D eigenvalue weighted by Crippen LogP contribution is -2.54. The number of hydrogen-bond acceptors (Lipinski definition) is 7. The molecule has 0 spiro atoms. The van der Waals surface area contributed by atoms with E-state index in [0.29, 0.717) is 4.90 Å². The molecule has 5 amide bonds. The molecular formula is C19H14N4O7. The van der Waals surface area contributed by atoms with Gasteiger partial charge in [0.1, 0.15) is 11.3 Å². The summed E-state index contributed by atoms with van der Waals surface area (Å²) in [5.74, 6) is -2.46. The van der Waals surface area contributed by atoms with Gasteiger partial charge >= 0.3 is 6.03 Å². The van der Waals surface area contributed by atoms with Gasteiger partial charge in [-0.25, -0.2) is 9.69 Å². The third-order valence-corrected chi connectivity index (χ3v) is 3.99. The maximum absolute atomic E-state index is 12.9. The van der Waals surface area contributed by atoms with Gasteiger partial charge in [0.2, 0.25) is 0 Å². The molecule has 3 N–H and O–H groups in total. The van der Waals surface area contributed by atoms with Gasteiger partial charge < -0.3 is 10.5 Å². The average molecular weight is 410 g/mol. The lowest BCUT2D eigenvalue weighted by molar-refractivity contribution is -0.384. The number of amides is 5. The number of para-hydroxylation sites is 1. The number of nitrogens with one attached hydrogen (secondary N) is 1. The second-order valence-electron chi connectivity index (χ2n) is 6.03. The Hall–Kier alpha value is -4.54. The topological polar surface area (TPSA) is 162 Å². The Bertz CT molecular complexity index is 1110. The number of nitro groups is 1. The molecule has 0 saturated carbocycles. The molecule has 11 nitrogen and oxygen atoms in total. The van der Waals surface area contributed by atoms with Crippen LogP contribution in [0.1, 0.15) is 5.56 Å². The minimum Gasteiger partial charge on any atom is -0.483 e. The summed E-state index contributed by atoms with van der Waals surface area (Å²) < 4.78 is 5.27. The van der Waals surface area contributed by atoms with Gasteiger partial charge in [-0.1, -0.05) is 24.3 Å². The van der Waals surface area contributed by atoms with Crippen molar-refractivity contribution in [1.82, 2.24) is 5.32 Å². The molecular weight excluding hydrogens is 396 g/mol. The normalized spacial score (nSPS) is 15.1. The highest BCUT2D eigenvalue weighted by Gasteiger charge is 2.37. The summed E-state index contributed by atoms with van der Waals surface area (Å²) in [6.45, 7) is -0.418. The van der Waals surface area contributed by atoms with E-state index in [4.69, 9.17) is 10.5 Å². The number of benzene rings is 2. The van der Waals surface area contributed by atoms with Gasteiger partial charge in [-0.15, -0.1) is 0 Å². The molecule has 0 aromatic heterocycles. The Kier molecular flexibility index (Phi) is 5.54. The van der Waals surface area contributed by atoms with Crippen LogP contribution in [0.3, 0.4) is 0 Å². The minimum absolute atomic E-state index is 0.0802. The number of non-ortho nitro benzene ring substituents is 1. The maximum atomic E-state index is 12.9. The van der Waals surface area contributed by atoms with Crippen molar-refractivity contribution in [2.45, 2.75) is 0 Å². The van der Waals surface area contributed by atoms with Gasteiger partial charge in [-0.3, -0.25) is 29.8 Å². The third-order valence-electron chi connectivity index (χ3n) is 3.99. The van der Waals surface area contributed by atoms with Crippen molar-refractivity contribution >= 4 is 41.2 Å². The molecule has 1 aliphatic rings. The zero-order chi connectivity index (χ0) is 21.8. The minimum atomic E-state index is -1.04. The number of ether oxygens (including phenoxy) is 1. The van der Waals surface area contributed by atoms with E-state index in [9.17, 15) is 29.3 Å². The van der Waals surface area contributed by atoms with E-state index in [0.717, 1.165) is 6.07 Å². The van der Waals surface area contributed by atoms with Crippen LogP contribution in [0.2, 0.25) is 0 Å². The average Bonchev–Trinajstić information content (AvgIpc) is 2.70. The van der Waals surface area contributed by atoms with Crippen LogP contribution < -0.4 is 20.7 Å². The van der Waals surface area contributed by atoms with Crippen molar-refractivity contribution in [2.75, 3.05) is 11.5 Å². The molecule has 0 bridgehead atoms. The Morgan fingerprint density at radius 3 is 2.60 bits per heavy atom. The molecule has 3 rings (SSSR count). The van der Waals surface area contributed by atoms with E-state index in [1.54, 1.807) is 12.1 Å². The lowest BCUT2D eigenvalue weighted by atomic mass is 10.1. The number of imide groups is 2. The maximum Gasteiger partial charge on any atom is 0.335 e. The predicted octanol–water partition coefficient (Wildman–Crippen LogP) is 1.13. The fraction of sp³-hybridized carbons (Fsp3) is 0.0526. The van der Waals surface area contributed by atoms with Gasteiger partial charge in [0.15, 0.2) is 6.61 Å². The van der Waals surface area contributed by atoms with E-state index in [2.05, 4.69) is 0 Å². The summed E-state index contributed by atoms with van der Waals surface area (Å²) in [5, 5.41) is 13.0. The van der Waals surface area contributed by atoms with Gasteiger partial charge in [-0.2, -0.15) is 0 Å². The van der Waals surface area contributed by atoms with Crippen molar-refractivity contribution in [3.05, 3.63) is 69.8 Å². The van der Waals surface area contributed by atoms with Crippen LogP contribution >= 0.6 is 0 Å². The molecule has 152 valence electrons. The number of nitrogens with zero attached hydrogens (tertiary/aromatic N) is 2. The first-order valence-corrected chi connectivity index (χ1v) is 8.44. The van der Waals surface area contributed by atoms with Crippen molar-refractivity contribution in [2.24, 2.45) is 5.73 Å². The molecule has 30 heavy (non-hydrogen) atoms. The van der Waals surface area contributed by atoms with Gasteiger partial charge in [0.25, 0.3) is 23.4 Å². The summed E-state index contributed by atoms with van der Waals surface area (Å²) >= 11 is 0. The van der Waals surface area contributed by atoms with E-state index in [1.807, 2.05) is 5.32 Å². The van der Waals surface area contributed by atoms with Crippen LogP contribution in [-0.2, 0) is 14.4 Å². The standard InChI is InChI=1S/C19H14N4O7/c20-16(24)10-30-15-7-2-1-4-11(15)8-14-17(25)21-19(27)22(18(14)26)12-5-3-6-13(9-12)23(28)29/h1-9H,10H2,(H2,20,24)(H,21,25,27)/b14-8+. The first-order valence-electron chi connectivity index (χ1n) is 8.44. The number of carbonyl (C=O) groups excluding carboxylic acids is 4. The van der Waals surface area contributed by atoms with Crippen LogP contribution in [0.25, 0.3) is 6.08 Å². The highest BCUT2D eigenvalue weighted by atomic mass is 16.6. The number of rotatable bonds is 6. The highest BCUT2D eigenvalue weighted by Crippen LogP contribution is 2.27. The van der Waals surface area contributed by atoms with Crippen molar-refractivity contribution < 1.29 is 28.8 Å². The molecule has 0 atom stereocenters. The second kappa shape index (κ2) is 8.22. The first kappa shape index (κ1) is 20.2. The number of hydrogen-bond donors (Lipinski definition) is 2. The molecule has 0 radical (unpaired) electrons. The van der Waals surface area contributed by atoms with E-state index < -0.39 is 40.9 Å². The number of barbiturate groups is 1. The number of nitro benzene ring substituents is 1. The van der Waals surface area contributed by atoms with Crippen LogP contribution in [0.5, 0.6) is 5.75 Å². The van der Waals surface area contributed by atoms with Gasteiger partial charge in [0.05, 0.1) is 10.6 Å². The van der Waals surface area contributed by atoms with Crippen molar-refractivity contribution in [3.8, 4) is 5.75 Å². The molecule has 2 aromatic rings. The van der Waals surface area contributed by atoms with Crippen LogP contribution in [0.4, 0.5) is 16.2 Å². The summed E-state index contributed by atoms with van der Waals surface area (Å²) in [7, 11) is 0. The monoisotopic (exact) mass is 410 g/mol. The Morgan fingerprint density at radius 2 is 1.90 bits per heavy atom. The largest absolute Gasteiger partial charge is 0.483 e. The van der Waals surface area contributed by atoms with E-state index >= 15 is 0 Å². The quantitative estimate of drug-likeness (QED) is 0.312. The molecule has 0 unspecified atom stereocenters. The zero-order valence-corrected chi connectivity index (χ0v) is 15.2. The van der Waals surface area contributed by atoms with Crippen LogP contribution in [0.15, 0.2) is 54.1 Å². The number of carbonyl (C=O) groups is 4. The van der Waals surface area contributed by atoms with E-state index in [-0.39, 0.29) is 22.7 Å². The summed E-state index contributed by atoms with van der Waals surface area (Å²) in [5.41, 5.74) is 4.52. The molecule has 1 aliphatic heterocycles. The SMILES string of the molecule is NC(=O)COc1ccccc1/C=C1\C(=O)NC(=O)N(c2cccc([N+](=O)[O-])c2)C1=O. The molecule has 1 fully saturated rings. The molecule has 0 aliphatic carbocycles. The molecule has 1 heterocycles. The van der Waals surface area contributed by atoms with Crippen LogP contribution in [0, 0.1) is 10.1 Å². The Labute approximate surface area is 168 Å². The number of anilines is 1. The fourth-order valence-corrected chi connectivity index (χ4v) is 2.67. The Balaban J connectivity index is 2.00.